The average Bonchev–Trinajstić information content (AvgIpc) is 3.34. The molecule has 1 amide bonds. The summed E-state index contributed by atoms with van der Waals surface area (Å²) in [6.45, 7) is 1.95. The van der Waals surface area contributed by atoms with E-state index in [2.05, 4.69) is 26.7 Å². The van der Waals surface area contributed by atoms with Crippen LogP contribution >= 0.6 is 0 Å². The van der Waals surface area contributed by atoms with Crippen LogP contribution in [0.4, 0.5) is 19.3 Å². The summed E-state index contributed by atoms with van der Waals surface area (Å²) in [5.41, 5.74) is 0.0968. The number of nitrogens with one attached hydrogen (secondary N) is 1. The number of rotatable bonds is 5. The van der Waals surface area contributed by atoms with Crippen LogP contribution in [-0.2, 0) is 16.7 Å². The SMILES string of the molecule is N#CC1(c2ccc(-c3c(F)cc(N4C[C@H](Cn5ccnn5)OC4=O)cc3F)cn2)C2CNCC21. The Kier molecular flexibility index (Phi) is 4.60. The highest BCUT2D eigenvalue weighted by Gasteiger charge is 2.69. The van der Waals surface area contributed by atoms with Gasteiger partial charge in [0.2, 0.25) is 0 Å². The Morgan fingerprint density at radius 1 is 1.24 bits per heavy atom. The Morgan fingerprint density at radius 2 is 2.00 bits per heavy atom. The summed E-state index contributed by atoms with van der Waals surface area (Å²) in [5.74, 6) is -1.20. The standard InChI is InChI=1S/C23H19F2N7O2/c24-18-5-14(32-11-15(34-22(32)33)10-31-4-3-29-30-31)6-19(25)21(18)13-1-2-20(28-7-13)23(12-26)16-8-27-9-17(16)23/h1-7,15-17,27H,8-11H2/t15-,16?,17?,23?/m0/s1. The number of halogens is 2. The van der Waals surface area contributed by atoms with E-state index in [4.69, 9.17) is 4.74 Å². The molecule has 3 fully saturated rings. The van der Waals surface area contributed by atoms with E-state index in [1.165, 1.54) is 22.0 Å². The van der Waals surface area contributed by atoms with Crippen molar-refractivity contribution in [3.8, 4) is 17.2 Å². The Morgan fingerprint density at radius 3 is 2.62 bits per heavy atom. The number of hydrogen-bond acceptors (Lipinski definition) is 7. The lowest BCUT2D eigenvalue weighted by Gasteiger charge is -2.16. The van der Waals surface area contributed by atoms with E-state index >= 15 is 8.78 Å². The summed E-state index contributed by atoms with van der Waals surface area (Å²) in [6, 6.07) is 7.89. The van der Waals surface area contributed by atoms with Crippen LogP contribution in [0, 0.1) is 34.8 Å². The molecule has 4 heterocycles. The molecule has 3 aliphatic rings. The molecule has 0 spiro atoms. The van der Waals surface area contributed by atoms with Gasteiger partial charge in [0.15, 0.2) is 0 Å². The number of fused-ring (bicyclic) bond motifs is 1. The van der Waals surface area contributed by atoms with Crippen LogP contribution in [0.3, 0.4) is 0 Å². The second-order valence-corrected chi connectivity index (χ2v) is 8.81. The highest BCUT2D eigenvalue weighted by Crippen LogP contribution is 2.60. The van der Waals surface area contributed by atoms with Crippen LogP contribution in [0.15, 0.2) is 42.9 Å². The number of aromatic nitrogens is 4. The number of nitriles is 1. The number of hydrogen-bond donors (Lipinski definition) is 1. The molecule has 9 nitrogen and oxygen atoms in total. The fourth-order valence-electron chi connectivity index (χ4n) is 5.29. The summed E-state index contributed by atoms with van der Waals surface area (Å²) in [4.78, 5) is 17.9. The van der Waals surface area contributed by atoms with Crippen LogP contribution < -0.4 is 10.2 Å². The van der Waals surface area contributed by atoms with Crippen molar-refractivity contribution in [2.24, 2.45) is 11.8 Å². The Balaban J connectivity index is 1.24. The summed E-state index contributed by atoms with van der Waals surface area (Å²) in [7, 11) is 0. The number of piperidine rings is 1. The van der Waals surface area contributed by atoms with Crippen LogP contribution in [-0.4, -0.2) is 51.8 Å². The highest BCUT2D eigenvalue weighted by molar-refractivity contribution is 5.90. The third-order valence-electron chi connectivity index (χ3n) is 7.01. The molecule has 11 heteroatoms. The van der Waals surface area contributed by atoms with Crippen LogP contribution in [0.2, 0.25) is 0 Å². The summed E-state index contributed by atoms with van der Waals surface area (Å²) >= 11 is 0. The smallest absolute Gasteiger partial charge is 0.414 e. The first-order chi connectivity index (χ1) is 16.5. The minimum Gasteiger partial charge on any atom is -0.442 e. The minimum absolute atomic E-state index is 0.0659. The van der Waals surface area contributed by atoms with Crippen molar-refractivity contribution in [1.29, 1.82) is 5.26 Å². The summed E-state index contributed by atoms with van der Waals surface area (Å²) < 4.78 is 36.9. The van der Waals surface area contributed by atoms with E-state index < -0.39 is 29.2 Å². The molecule has 0 radical (unpaired) electrons. The van der Waals surface area contributed by atoms with Gasteiger partial charge in [0.1, 0.15) is 23.2 Å². The Labute approximate surface area is 193 Å². The molecule has 2 aromatic heterocycles. The van der Waals surface area contributed by atoms with Gasteiger partial charge in [-0.3, -0.25) is 9.88 Å². The van der Waals surface area contributed by atoms with Crippen molar-refractivity contribution in [1.82, 2.24) is 25.3 Å². The molecule has 2 unspecified atom stereocenters. The number of carbonyl (C=O) groups is 1. The van der Waals surface area contributed by atoms with Crippen molar-refractivity contribution in [3.05, 3.63) is 60.2 Å². The average molecular weight is 463 g/mol. The largest absolute Gasteiger partial charge is 0.442 e. The third kappa shape index (κ3) is 3.06. The number of ether oxygens (including phenoxy) is 1. The molecule has 1 aromatic carbocycles. The van der Waals surface area contributed by atoms with Gasteiger partial charge in [0, 0.05) is 42.9 Å². The number of anilines is 1. The topological polar surface area (TPSA) is 109 Å². The molecule has 0 bridgehead atoms. The molecule has 34 heavy (non-hydrogen) atoms. The molecule has 1 saturated carbocycles. The molecular weight excluding hydrogens is 444 g/mol. The van der Waals surface area contributed by atoms with Gasteiger partial charge in [-0.2, -0.15) is 5.26 Å². The Bertz CT molecular complexity index is 1270. The summed E-state index contributed by atoms with van der Waals surface area (Å²) in [5, 5.41) is 20.5. The van der Waals surface area contributed by atoms with Gasteiger partial charge < -0.3 is 10.1 Å². The number of cyclic esters (lactones) is 1. The maximum Gasteiger partial charge on any atom is 0.414 e. The van der Waals surface area contributed by atoms with Gasteiger partial charge in [0.05, 0.1) is 42.3 Å². The highest BCUT2D eigenvalue weighted by atomic mass is 19.1. The van der Waals surface area contributed by atoms with E-state index in [-0.39, 0.29) is 41.7 Å². The predicted octanol–water partition coefficient (Wildman–Crippen LogP) is 2.25. The van der Waals surface area contributed by atoms with Crippen LogP contribution in [0.5, 0.6) is 0 Å². The van der Waals surface area contributed by atoms with Gasteiger partial charge in [-0.25, -0.2) is 18.3 Å². The molecule has 3 atom stereocenters. The minimum atomic E-state index is -0.820. The van der Waals surface area contributed by atoms with Crippen molar-refractivity contribution in [3.63, 3.8) is 0 Å². The quantitative estimate of drug-likeness (QED) is 0.618. The number of carbonyl (C=O) groups excluding carboxylic acids is 1. The fraction of sp³-hybridized carbons (Fsp3) is 0.348. The molecule has 2 aliphatic heterocycles. The van der Waals surface area contributed by atoms with E-state index in [0.29, 0.717) is 5.69 Å². The fourth-order valence-corrected chi connectivity index (χ4v) is 5.29. The lowest BCUT2D eigenvalue weighted by Crippen LogP contribution is -2.26. The first-order valence-electron chi connectivity index (χ1n) is 10.9. The van der Waals surface area contributed by atoms with Gasteiger partial charge in [-0.15, -0.1) is 5.10 Å². The second kappa shape index (κ2) is 7.56. The first kappa shape index (κ1) is 20.7. The number of nitrogens with zero attached hydrogens (tertiary/aromatic N) is 6. The lowest BCUT2D eigenvalue weighted by atomic mass is 9.95. The van der Waals surface area contributed by atoms with Gasteiger partial charge in [-0.05, 0) is 18.2 Å². The molecule has 1 N–H and O–H groups in total. The Hall–Kier alpha value is -3.91. The second-order valence-electron chi connectivity index (χ2n) is 8.81. The van der Waals surface area contributed by atoms with Gasteiger partial charge in [-0.1, -0.05) is 11.3 Å². The van der Waals surface area contributed by atoms with Crippen molar-refractivity contribution < 1.29 is 18.3 Å². The van der Waals surface area contributed by atoms with Gasteiger partial charge >= 0.3 is 6.09 Å². The molecule has 6 rings (SSSR count). The first-order valence-corrected chi connectivity index (χ1v) is 10.9. The van der Waals surface area contributed by atoms with Gasteiger partial charge in [0.25, 0.3) is 0 Å². The number of amides is 1. The van der Waals surface area contributed by atoms with Crippen molar-refractivity contribution >= 4 is 11.8 Å². The maximum atomic E-state index is 15.1. The normalized spacial score (nSPS) is 27.4. The van der Waals surface area contributed by atoms with E-state index in [9.17, 15) is 10.1 Å². The number of pyridine rings is 1. The lowest BCUT2D eigenvalue weighted by molar-refractivity contribution is 0.129. The zero-order chi connectivity index (χ0) is 23.4. The predicted molar refractivity (Wildman–Crippen MR) is 114 cm³/mol. The molecule has 2 saturated heterocycles. The number of benzene rings is 1. The molecular formula is C23H19F2N7O2. The van der Waals surface area contributed by atoms with E-state index in [1.54, 1.807) is 18.3 Å². The zero-order valence-electron chi connectivity index (χ0n) is 17.9. The zero-order valence-corrected chi connectivity index (χ0v) is 17.9. The van der Waals surface area contributed by atoms with Crippen molar-refractivity contribution in [2.45, 2.75) is 18.1 Å². The molecule has 3 aromatic rings. The van der Waals surface area contributed by atoms with Crippen molar-refractivity contribution in [2.75, 3.05) is 24.5 Å². The molecule has 172 valence electrons. The molecule has 1 aliphatic carbocycles. The van der Waals surface area contributed by atoms with E-state index in [1.807, 2.05) is 0 Å². The van der Waals surface area contributed by atoms with E-state index in [0.717, 1.165) is 25.2 Å². The van der Waals surface area contributed by atoms with Crippen LogP contribution in [0.1, 0.15) is 5.69 Å². The monoisotopic (exact) mass is 463 g/mol. The maximum absolute atomic E-state index is 15.1. The summed E-state index contributed by atoms with van der Waals surface area (Å²) in [6.07, 6.45) is 3.33. The third-order valence-corrected chi connectivity index (χ3v) is 7.01. The van der Waals surface area contributed by atoms with Crippen LogP contribution in [0.25, 0.3) is 11.1 Å².